The number of morpholine rings is 1. The van der Waals surface area contributed by atoms with Crippen molar-refractivity contribution in [2.24, 2.45) is 0 Å². The molecule has 1 aliphatic heterocycles. The zero-order chi connectivity index (χ0) is 12.3. The third-order valence-corrected chi connectivity index (χ3v) is 3.22. The van der Waals surface area contributed by atoms with Gasteiger partial charge in [0.1, 0.15) is 0 Å². The summed E-state index contributed by atoms with van der Waals surface area (Å²) in [5.41, 5.74) is 0.764. The van der Waals surface area contributed by atoms with Crippen LogP contribution in [0.5, 0.6) is 0 Å². The number of hydrogen-bond acceptors (Lipinski definition) is 2. The number of carbonyl (C=O) groups excluding carboxylic acids is 1. The van der Waals surface area contributed by atoms with Crippen LogP contribution in [0.3, 0.4) is 0 Å². The SMILES string of the molecule is CC[C@@H]1CO[C@@H](C)CN1C(=O)c1ccccc1. The van der Waals surface area contributed by atoms with Crippen molar-refractivity contribution in [1.29, 1.82) is 0 Å². The van der Waals surface area contributed by atoms with E-state index < -0.39 is 0 Å². The van der Waals surface area contributed by atoms with Gasteiger partial charge in [-0.05, 0) is 25.5 Å². The fourth-order valence-electron chi connectivity index (χ4n) is 2.18. The summed E-state index contributed by atoms with van der Waals surface area (Å²) in [5, 5.41) is 0. The summed E-state index contributed by atoms with van der Waals surface area (Å²) in [6.07, 6.45) is 1.07. The van der Waals surface area contributed by atoms with Crippen LogP contribution >= 0.6 is 0 Å². The van der Waals surface area contributed by atoms with Crippen LogP contribution in [0.4, 0.5) is 0 Å². The van der Waals surface area contributed by atoms with Gasteiger partial charge in [0.2, 0.25) is 0 Å². The van der Waals surface area contributed by atoms with Gasteiger partial charge in [-0.1, -0.05) is 25.1 Å². The van der Waals surface area contributed by atoms with E-state index in [-0.39, 0.29) is 18.1 Å². The summed E-state index contributed by atoms with van der Waals surface area (Å²) in [5.74, 6) is 0.118. The number of amides is 1. The predicted molar refractivity (Wildman–Crippen MR) is 67.0 cm³/mol. The second-order valence-corrected chi connectivity index (χ2v) is 4.53. The number of hydrogen-bond donors (Lipinski definition) is 0. The van der Waals surface area contributed by atoms with Crippen molar-refractivity contribution in [2.45, 2.75) is 32.4 Å². The molecule has 1 aromatic carbocycles. The molecule has 1 saturated heterocycles. The highest BCUT2D eigenvalue weighted by atomic mass is 16.5. The molecule has 0 saturated carbocycles. The smallest absolute Gasteiger partial charge is 0.254 e. The van der Waals surface area contributed by atoms with Gasteiger partial charge < -0.3 is 9.64 Å². The Morgan fingerprint density at radius 2 is 2.12 bits per heavy atom. The standard InChI is InChI=1S/C14H19NO2/c1-3-13-10-17-11(2)9-15(13)14(16)12-7-5-4-6-8-12/h4-8,11,13H,3,9-10H2,1-2H3/t11-,13+/m0/s1. The molecule has 0 bridgehead atoms. The Morgan fingerprint density at radius 3 is 2.76 bits per heavy atom. The minimum atomic E-state index is 0.118. The quantitative estimate of drug-likeness (QED) is 0.784. The third-order valence-electron chi connectivity index (χ3n) is 3.22. The van der Waals surface area contributed by atoms with E-state index in [1.54, 1.807) is 0 Å². The van der Waals surface area contributed by atoms with Gasteiger partial charge in [-0.15, -0.1) is 0 Å². The summed E-state index contributed by atoms with van der Waals surface area (Å²) < 4.78 is 5.60. The minimum Gasteiger partial charge on any atom is -0.375 e. The third kappa shape index (κ3) is 2.67. The Hall–Kier alpha value is -1.35. The maximum absolute atomic E-state index is 12.4. The lowest BCUT2D eigenvalue weighted by atomic mass is 10.1. The molecule has 1 aliphatic rings. The highest BCUT2D eigenvalue weighted by molar-refractivity contribution is 5.94. The van der Waals surface area contributed by atoms with Crippen molar-refractivity contribution in [2.75, 3.05) is 13.2 Å². The average molecular weight is 233 g/mol. The predicted octanol–water partition coefficient (Wildman–Crippen LogP) is 2.33. The molecule has 0 N–H and O–H groups in total. The fourth-order valence-corrected chi connectivity index (χ4v) is 2.18. The van der Waals surface area contributed by atoms with Gasteiger partial charge in [-0.2, -0.15) is 0 Å². The Kier molecular flexibility index (Phi) is 3.79. The Bertz CT molecular complexity index is 377. The van der Waals surface area contributed by atoms with E-state index in [4.69, 9.17) is 4.74 Å². The molecule has 1 aromatic rings. The molecule has 0 spiro atoms. The van der Waals surface area contributed by atoms with E-state index in [1.165, 1.54) is 0 Å². The van der Waals surface area contributed by atoms with Crippen LogP contribution in [-0.4, -0.2) is 36.1 Å². The van der Waals surface area contributed by atoms with E-state index in [9.17, 15) is 4.79 Å². The first kappa shape index (κ1) is 12.1. The van der Waals surface area contributed by atoms with Gasteiger partial charge in [0.05, 0.1) is 18.8 Å². The largest absolute Gasteiger partial charge is 0.375 e. The molecule has 1 amide bonds. The minimum absolute atomic E-state index is 0.118. The molecule has 3 heteroatoms. The first-order valence-corrected chi connectivity index (χ1v) is 6.20. The summed E-state index contributed by atoms with van der Waals surface area (Å²) in [4.78, 5) is 14.3. The molecular formula is C14H19NO2. The number of benzene rings is 1. The summed E-state index contributed by atoms with van der Waals surface area (Å²) in [7, 11) is 0. The lowest BCUT2D eigenvalue weighted by Crippen LogP contribution is -2.51. The highest BCUT2D eigenvalue weighted by Gasteiger charge is 2.29. The average Bonchev–Trinajstić information content (AvgIpc) is 2.39. The number of rotatable bonds is 2. The summed E-state index contributed by atoms with van der Waals surface area (Å²) in [6, 6.07) is 9.68. The molecule has 0 aromatic heterocycles. The van der Waals surface area contributed by atoms with Crippen molar-refractivity contribution >= 4 is 5.91 Å². The molecule has 0 unspecified atom stereocenters. The lowest BCUT2D eigenvalue weighted by molar-refractivity contribution is -0.0444. The van der Waals surface area contributed by atoms with Crippen LogP contribution in [0.2, 0.25) is 0 Å². The molecule has 2 rings (SSSR count). The van der Waals surface area contributed by atoms with E-state index in [2.05, 4.69) is 6.92 Å². The van der Waals surface area contributed by atoms with Crippen molar-refractivity contribution in [3.63, 3.8) is 0 Å². The van der Waals surface area contributed by atoms with Gasteiger partial charge >= 0.3 is 0 Å². The normalized spacial score (nSPS) is 24.7. The van der Waals surface area contributed by atoms with Crippen molar-refractivity contribution < 1.29 is 9.53 Å². The van der Waals surface area contributed by atoms with Crippen molar-refractivity contribution in [3.8, 4) is 0 Å². The fraction of sp³-hybridized carbons (Fsp3) is 0.500. The molecular weight excluding hydrogens is 214 g/mol. The molecule has 1 fully saturated rings. The zero-order valence-electron chi connectivity index (χ0n) is 10.4. The van der Waals surface area contributed by atoms with Crippen molar-refractivity contribution in [3.05, 3.63) is 35.9 Å². The van der Waals surface area contributed by atoms with Crippen LogP contribution < -0.4 is 0 Å². The van der Waals surface area contributed by atoms with Gasteiger partial charge in [-0.3, -0.25) is 4.79 Å². The monoisotopic (exact) mass is 233 g/mol. The first-order valence-electron chi connectivity index (χ1n) is 6.20. The second-order valence-electron chi connectivity index (χ2n) is 4.53. The van der Waals surface area contributed by atoms with Crippen molar-refractivity contribution in [1.82, 2.24) is 4.90 Å². The summed E-state index contributed by atoms with van der Waals surface area (Å²) in [6.45, 7) is 5.44. The maximum atomic E-state index is 12.4. The highest BCUT2D eigenvalue weighted by Crippen LogP contribution is 2.17. The van der Waals surface area contributed by atoms with E-state index in [0.717, 1.165) is 12.0 Å². The molecule has 17 heavy (non-hydrogen) atoms. The van der Waals surface area contributed by atoms with E-state index in [1.807, 2.05) is 42.2 Å². The van der Waals surface area contributed by atoms with E-state index in [0.29, 0.717) is 13.2 Å². The maximum Gasteiger partial charge on any atom is 0.254 e. The van der Waals surface area contributed by atoms with Crippen LogP contribution in [-0.2, 0) is 4.74 Å². The van der Waals surface area contributed by atoms with E-state index >= 15 is 0 Å². The van der Waals surface area contributed by atoms with Gasteiger partial charge in [0, 0.05) is 12.1 Å². The Balaban J connectivity index is 2.16. The molecule has 0 aliphatic carbocycles. The zero-order valence-corrected chi connectivity index (χ0v) is 10.4. The van der Waals surface area contributed by atoms with Gasteiger partial charge in [0.15, 0.2) is 0 Å². The van der Waals surface area contributed by atoms with Crippen LogP contribution in [0.25, 0.3) is 0 Å². The van der Waals surface area contributed by atoms with Crippen LogP contribution in [0.15, 0.2) is 30.3 Å². The molecule has 3 nitrogen and oxygen atoms in total. The van der Waals surface area contributed by atoms with Crippen LogP contribution in [0, 0.1) is 0 Å². The van der Waals surface area contributed by atoms with Crippen LogP contribution in [0.1, 0.15) is 30.6 Å². The molecule has 0 radical (unpaired) electrons. The van der Waals surface area contributed by atoms with Gasteiger partial charge in [-0.25, -0.2) is 0 Å². The number of carbonyl (C=O) groups is 1. The van der Waals surface area contributed by atoms with Gasteiger partial charge in [0.25, 0.3) is 5.91 Å². The Labute approximate surface area is 102 Å². The number of nitrogens with zero attached hydrogens (tertiary/aromatic N) is 1. The molecule has 92 valence electrons. The topological polar surface area (TPSA) is 29.5 Å². The second kappa shape index (κ2) is 5.32. The number of ether oxygens (including phenoxy) is 1. The molecule has 2 atom stereocenters. The Morgan fingerprint density at radius 1 is 1.41 bits per heavy atom. The first-order chi connectivity index (χ1) is 8.22. The molecule has 1 heterocycles. The summed E-state index contributed by atoms with van der Waals surface area (Å²) >= 11 is 0. The lowest BCUT2D eigenvalue weighted by Gasteiger charge is -2.38.